The van der Waals surface area contributed by atoms with E-state index >= 15 is 0 Å². The minimum absolute atomic E-state index is 0.304. The van der Waals surface area contributed by atoms with Crippen molar-refractivity contribution in [3.63, 3.8) is 0 Å². The summed E-state index contributed by atoms with van der Waals surface area (Å²) in [6.45, 7) is 1.54. The fourth-order valence-corrected chi connectivity index (χ4v) is 1.27. The minimum Gasteiger partial charge on any atom is -0.478 e. The molecule has 0 aliphatic heterocycles. The SMILES string of the molecule is C/C(=C\C(Br)(Br)CBr)C(=O)O. The second-order valence-corrected chi connectivity index (χ2v) is 6.48. The summed E-state index contributed by atoms with van der Waals surface area (Å²) in [4.78, 5) is 10.4. The van der Waals surface area contributed by atoms with Gasteiger partial charge in [-0.25, -0.2) is 4.79 Å². The first-order valence-corrected chi connectivity index (χ1v) is 5.46. The highest BCUT2D eigenvalue weighted by Gasteiger charge is 2.19. The Morgan fingerprint density at radius 2 is 2.09 bits per heavy atom. The predicted octanol–water partition coefficient (Wildman–Crippen LogP) is 2.90. The first-order valence-electron chi connectivity index (χ1n) is 2.75. The molecule has 5 heteroatoms. The maximum Gasteiger partial charge on any atom is 0.331 e. The van der Waals surface area contributed by atoms with E-state index < -0.39 is 9.20 Å². The number of carboxylic acids is 1. The molecule has 11 heavy (non-hydrogen) atoms. The van der Waals surface area contributed by atoms with Crippen LogP contribution in [0.3, 0.4) is 0 Å². The molecular weight excluding hydrogens is 344 g/mol. The molecular formula is C6H7Br3O2. The van der Waals surface area contributed by atoms with Crippen LogP contribution >= 0.6 is 47.8 Å². The summed E-state index contributed by atoms with van der Waals surface area (Å²) in [7, 11) is 0. The van der Waals surface area contributed by atoms with Crippen LogP contribution in [0.4, 0.5) is 0 Å². The Balaban J connectivity index is 4.41. The van der Waals surface area contributed by atoms with Crippen molar-refractivity contribution in [1.29, 1.82) is 0 Å². The number of allylic oxidation sites excluding steroid dienone is 1. The van der Waals surface area contributed by atoms with Crippen molar-refractivity contribution >= 4 is 53.8 Å². The van der Waals surface area contributed by atoms with Crippen LogP contribution in [0, 0.1) is 0 Å². The lowest BCUT2D eigenvalue weighted by molar-refractivity contribution is -0.132. The van der Waals surface area contributed by atoms with E-state index in [1.54, 1.807) is 13.0 Å². The molecule has 0 rings (SSSR count). The third-order valence-corrected chi connectivity index (χ3v) is 4.35. The van der Waals surface area contributed by atoms with Crippen LogP contribution in [0.2, 0.25) is 0 Å². The number of alkyl halides is 3. The zero-order chi connectivity index (χ0) is 9.07. The van der Waals surface area contributed by atoms with E-state index in [4.69, 9.17) is 5.11 Å². The van der Waals surface area contributed by atoms with Gasteiger partial charge in [0.25, 0.3) is 0 Å². The monoisotopic (exact) mass is 348 g/mol. The van der Waals surface area contributed by atoms with Gasteiger partial charge < -0.3 is 5.11 Å². The lowest BCUT2D eigenvalue weighted by Crippen LogP contribution is -2.11. The van der Waals surface area contributed by atoms with Crippen molar-refractivity contribution in [3.05, 3.63) is 11.6 Å². The standard InChI is InChI=1S/C6H7Br3O2/c1-4(5(10)11)2-6(8,9)3-7/h2H,3H2,1H3,(H,10,11)/b4-2+. The van der Waals surface area contributed by atoms with Crippen LogP contribution in [-0.2, 0) is 4.79 Å². The van der Waals surface area contributed by atoms with E-state index in [0.717, 1.165) is 0 Å². The molecule has 2 nitrogen and oxygen atoms in total. The van der Waals surface area contributed by atoms with E-state index in [1.165, 1.54) is 0 Å². The maximum absolute atomic E-state index is 10.4. The van der Waals surface area contributed by atoms with Crippen molar-refractivity contribution in [3.8, 4) is 0 Å². The van der Waals surface area contributed by atoms with Gasteiger partial charge in [-0.1, -0.05) is 47.8 Å². The molecule has 0 saturated carbocycles. The van der Waals surface area contributed by atoms with Crippen LogP contribution in [-0.4, -0.2) is 19.6 Å². The van der Waals surface area contributed by atoms with Crippen LogP contribution in [0.1, 0.15) is 6.92 Å². The summed E-state index contributed by atoms with van der Waals surface area (Å²) in [5.74, 6) is -0.908. The van der Waals surface area contributed by atoms with E-state index in [9.17, 15) is 4.79 Å². The van der Waals surface area contributed by atoms with Crippen LogP contribution < -0.4 is 0 Å². The Kier molecular flexibility index (Phi) is 4.89. The average molecular weight is 351 g/mol. The van der Waals surface area contributed by atoms with Gasteiger partial charge in [0.1, 0.15) is 3.23 Å². The van der Waals surface area contributed by atoms with E-state index in [-0.39, 0.29) is 0 Å². The van der Waals surface area contributed by atoms with E-state index in [2.05, 4.69) is 47.8 Å². The van der Waals surface area contributed by atoms with Crippen molar-refractivity contribution in [2.75, 3.05) is 5.33 Å². The number of halogens is 3. The van der Waals surface area contributed by atoms with Crippen LogP contribution in [0.5, 0.6) is 0 Å². The average Bonchev–Trinajstić information content (AvgIpc) is 1.87. The largest absolute Gasteiger partial charge is 0.478 e. The zero-order valence-electron chi connectivity index (χ0n) is 5.77. The number of rotatable bonds is 3. The van der Waals surface area contributed by atoms with Gasteiger partial charge in [-0.15, -0.1) is 0 Å². The highest BCUT2D eigenvalue weighted by Crippen LogP contribution is 2.31. The van der Waals surface area contributed by atoms with Crippen molar-refractivity contribution < 1.29 is 9.90 Å². The predicted molar refractivity (Wildman–Crippen MR) is 55.8 cm³/mol. The van der Waals surface area contributed by atoms with E-state index in [1.807, 2.05) is 0 Å². The van der Waals surface area contributed by atoms with E-state index in [0.29, 0.717) is 10.9 Å². The number of carbonyl (C=O) groups is 1. The number of hydrogen-bond donors (Lipinski definition) is 1. The Labute approximate surface area is 90.4 Å². The minimum atomic E-state index is -0.908. The maximum atomic E-state index is 10.4. The molecule has 0 aromatic rings. The molecule has 0 aromatic heterocycles. The highest BCUT2D eigenvalue weighted by molar-refractivity contribution is 9.26. The summed E-state index contributed by atoms with van der Waals surface area (Å²) in [6, 6.07) is 0. The van der Waals surface area contributed by atoms with Gasteiger partial charge in [0, 0.05) is 10.9 Å². The van der Waals surface area contributed by atoms with Crippen LogP contribution in [0.25, 0.3) is 0 Å². The lowest BCUT2D eigenvalue weighted by Gasteiger charge is -2.11. The van der Waals surface area contributed by atoms with Gasteiger partial charge in [0.05, 0.1) is 0 Å². The fourth-order valence-electron chi connectivity index (χ4n) is 0.417. The van der Waals surface area contributed by atoms with Crippen molar-refractivity contribution in [1.82, 2.24) is 0 Å². The first kappa shape index (κ1) is 11.6. The molecule has 0 spiro atoms. The molecule has 0 unspecified atom stereocenters. The molecule has 0 atom stereocenters. The van der Waals surface area contributed by atoms with Crippen molar-refractivity contribution in [2.24, 2.45) is 0 Å². The lowest BCUT2D eigenvalue weighted by atomic mass is 10.2. The third kappa shape index (κ3) is 4.98. The molecule has 0 fully saturated rings. The third-order valence-electron chi connectivity index (χ3n) is 0.943. The molecule has 0 aromatic carbocycles. The molecule has 0 saturated heterocycles. The Morgan fingerprint density at radius 3 is 2.36 bits per heavy atom. The summed E-state index contributed by atoms with van der Waals surface area (Å²) >= 11 is 9.78. The second kappa shape index (κ2) is 4.62. The normalized spacial score (nSPS) is 13.3. The second-order valence-electron chi connectivity index (χ2n) is 2.03. The Hall–Kier alpha value is 0.650. The summed E-state index contributed by atoms with van der Waals surface area (Å²) < 4.78 is -0.456. The molecule has 64 valence electrons. The molecule has 0 amide bonds. The molecule has 0 radical (unpaired) electrons. The van der Waals surface area contributed by atoms with Crippen LogP contribution in [0.15, 0.2) is 11.6 Å². The molecule has 0 heterocycles. The van der Waals surface area contributed by atoms with Gasteiger partial charge in [-0.2, -0.15) is 0 Å². The van der Waals surface area contributed by atoms with Gasteiger partial charge in [0.15, 0.2) is 0 Å². The zero-order valence-corrected chi connectivity index (χ0v) is 10.5. The smallest absolute Gasteiger partial charge is 0.331 e. The highest BCUT2D eigenvalue weighted by atomic mass is 79.9. The summed E-state index contributed by atoms with van der Waals surface area (Å²) in [5.41, 5.74) is 0.304. The molecule has 0 bridgehead atoms. The first-order chi connectivity index (χ1) is 4.89. The number of hydrogen-bond acceptors (Lipinski definition) is 1. The van der Waals surface area contributed by atoms with Gasteiger partial charge >= 0.3 is 5.97 Å². The number of carboxylic acid groups (broad SMARTS) is 1. The molecule has 1 N–H and O–H groups in total. The van der Waals surface area contributed by atoms with Gasteiger partial charge in [0.2, 0.25) is 0 Å². The Morgan fingerprint density at radius 1 is 1.64 bits per heavy atom. The van der Waals surface area contributed by atoms with Gasteiger partial charge in [-0.05, 0) is 13.0 Å². The Bertz CT molecular complexity index is 186. The quantitative estimate of drug-likeness (QED) is 0.627. The summed E-state index contributed by atoms with van der Waals surface area (Å²) in [6.07, 6.45) is 1.59. The summed E-state index contributed by atoms with van der Waals surface area (Å²) in [5, 5.41) is 9.12. The number of aliphatic carboxylic acids is 1. The van der Waals surface area contributed by atoms with Crippen molar-refractivity contribution in [2.45, 2.75) is 10.2 Å². The molecule has 0 aliphatic carbocycles. The topological polar surface area (TPSA) is 37.3 Å². The van der Waals surface area contributed by atoms with Gasteiger partial charge in [-0.3, -0.25) is 0 Å². The molecule has 0 aliphatic rings. The fraction of sp³-hybridized carbons (Fsp3) is 0.500.